The van der Waals surface area contributed by atoms with Gasteiger partial charge in [-0.15, -0.1) is 17.5 Å². The molecule has 0 aromatic carbocycles. The highest BCUT2D eigenvalue weighted by Crippen LogP contribution is 1.91. The van der Waals surface area contributed by atoms with Gasteiger partial charge in [0.15, 0.2) is 0 Å². The van der Waals surface area contributed by atoms with Crippen LogP contribution in [-0.2, 0) is 0 Å². The summed E-state index contributed by atoms with van der Waals surface area (Å²) in [7, 11) is 0. The Morgan fingerprint density at radius 3 is 2.80 bits per heavy atom. The van der Waals surface area contributed by atoms with Gasteiger partial charge in [0.1, 0.15) is 6.10 Å². The maximum absolute atomic E-state index is 8.85. The first-order valence-electron chi connectivity index (χ1n) is 3.53. The Morgan fingerprint density at radius 1 is 1.60 bits per heavy atom. The van der Waals surface area contributed by atoms with E-state index in [-0.39, 0.29) is 5.88 Å². The highest BCUT2D eigenvalue weighted by molar-refractivity contribution is 6.18. The molecule has 0 bridgehead atoms. The van der Waals surface area contributed by atoms with Crippen LogP contribution in [0.1, 0.15) is 26.2 Å². The lowest BCUT2D eigenvalue weighted by Crippen LogP contribution is -2.03. The third kappa shape index (κ3) is 5.94. The van der Waals surface area contributed by atoms with Crippen LogP contribution in [0.3, 0.4) is 0 Å². The van der Waals surface area contributed by atoms with Crippen LogP contribution in [0.5, 0.6) is 0 Å². The van der Waals surface area contributed by atoms with Crippen molar-refractivity contribution in [2.45, 2.75) is 32.3 Å². The molecule has 0 aromatic rings. The van der Waals surface area contributed by atoms with Gasteiger partial charge >= 0.3 is 0 Å². The maximum Gasteiger partial charge on any atom is 0.128 e. The topological polar surface area (TPSA) is 20.2 Å². The van der Waals surface area contributed by atoms with E-state index in [9.17, 15) is 0 Å². The molecule has 1 nitrogen and oxygen atoms in total. The van der Waals surface area contributed by atoms with Crippen molar-refractivity contribution in [2.24, 2.45) is 0 Å². The lowest BCUT2D eigenvalue weighted by Gasteiger charge is -1.92. The van der Waals surface area contributed by atoms with Gasteiger partial charge in [0.25, 0.3) is 0 Å². The van der Waals surface area contributed by atoms with Gasteiger partial charge in [0.05, 0.1) is 5.88 Å². The van der Waals surface area contributed by atoms with E-state index < -0.39 is 6.10 Å². The number of aliphatic hydroxyl groups excluding tert-OH is 1. The highest BCUT2D eigenvalue weighted by Gasteiger charge is 1.91. The van der Waals surface area contributed by atoms with Crippen molar-refractivity contribution in [1.29, 1.82) is 0 Å². The average Bonchev–Trinajstić information content (AvgIpc) is 1.98. The average molecular weight is 161 g/mol. The number of hydrogen-bond donors (Lipinski definition) is 1. The van der Waals surface area contributed by atoms with Crippen molar-refractivity contribution in [3.63, 3.8) is 0 Å². The van der Waals surface area contributed by atoms with Gasteiger partial charge in [0, 0.05) is 6.42 Å². The molecule has 1 N–H and O–H groups in total. The molecule has 0 aromatic heterocycles. The fraction of sp³-hybridized carbons (Fsp3) is 0.750. The summed E-state index contributed by atoms with van der Waals surface area (Å²) in [5, 5.41) is 8.85. The first-order chi connectivity index (χ1) is 4.81. The minimum Gasteiger partial charge on any atom is -0.379 e. The van der Waals surface area contributed by atoms with E-state index in [1.807, 2.05) is 0 Å². The molecule has 2 heteroatoms. The largest absolute Gasteiger partial charge is 0.379 e. The van der Waals surface area contributed by atoms with Gasteiger partial charge in [-0.2, -0.15) is 0 Å². The van der Waals surface area contributed by atoms with Crippen molar-refractivity contribution in [2.75, 3.05) is 5.88 Å². The van der Waals surface area contributed by atoms with E-state index in [2.05, 4.69) is 18.8 Å². The number of unbranched alkanes of at least 4 members (excludes halogenated alkanes) is 2. The van der Waals surface area contributed by atoms with Gasteiger partial charge < -0.3 is 5.11 Å². The van der Waals surface area contributed by atoms with Crippen LogP contribution in [-0.4, -0.2) is 17.1 Å². The fourth-order valence-electron chi connectivity index (χ4n) is 0.494. The highest BCUT2D eigenvalue weighted by atomic mass is 35.5. The number of aliphatic hydroxyl groups is 1. The standard InChI is InChI=1S/C8H13ClO/c1-2-3-4-5-6-8(10)7-9/h8,10H,2-4,7H2,1H3. The molecule has 0 aliphatic carbocycles. The molecule has 0 fully saturated rings. The molecular formula is C8H13ClO. The SMILES string of the molecule is CCCCC#CC(O)CCl. The Kier molecular flexibility index (Phi) is 6.79. The molecule has 0 amide bonds. The second kappa shape index (κ2) is 6.92. The number of alkyl halides is 1. The van der Waals surface area contributed by atoms with E-state index in [0.29, 0.717) is 0 Å². The normalized spacial score (nSPS) is 11.9. The molecule has 0 radical (unpaired) electrons. The third-order valence-corrected chi connectivity index (χ3v) is 1.36. The van der Waals surface area contributed by atoms with Gasteiger partial charge in [-0.25, -0.2) is 0 Å². The fourth-order valence-corrected chi connectivity index (χ4v) is 0.571. The molecule has 0 heterocycles. The van der Waals surface area contributed by atoms with E-state index in [1.54, 1.807) is 0 Å². The molecule has 0 spiro atoms. The monoisotopic (exact) mass is 160 g/mol. The molecule has 1 atom stereocenters. The van der Waals surface area contributed by atoms with Crippen LogP contribution in [0, 0.1) is 11.8 Å². The zero-order chi connectivity index (χ0) is 7.82. The van der Waals surface area contributed by atoms with E-state index in [4.69, 9.17) is 16.7 Å². The zero-order valence-electron chi connectivity index (χ0n) is 6.23. The molecule has 0 saturated heterocycles. The Balaban J connectivity index is 3.29. The third-order valence-electron chi connectivity index (χ3n) is 1.07. The molecule has 1 unspecified atom stereocenters. The number of halogens is 1. The minimum absolute atomic E-state index is 0.207. The summed E-state index contributed by atoms with van der Waals surface area (Å²) < 4.78 is 0. The van der Waals surface area contributed by atoms with Crippen molar-refractivity contribution in [3.8, 4) is 11.8 Å². The van der Waals surface area contributed by atoms with Crippen LogP contribution in [0.25, 0.3) is 0 Å². The lowest BCUT2D eigenvalue weighted by atomic mass is 10.2. The van der Waals surface area contributed by atoms with Crippen molar-refractivity contribution >= 4 is 11.6 Å². The molecule has 0 rings (SSSR count). The smallest absolute Gasteiger partial charge is 0.128 e. The molecule has 10 heavy (non-hydrogen) atoms. The summed E-state index contributed by atoms with van der Waals surface area (Å²) in [5.74, 6) is 5.70. The quantitative estimate of drug-likeness (QED) is 0.379. The lowest BCUT2D eigenvalue weighted by molar-refractivity contribution is 0.256. The predicted octanol–water partition coefficient (Wildman–Crippen LogP) is 1.78. The summed E-state index contributed by atoms with van der Waals surface area (Å²) in [6.07, 6.45) is 2.47. The van der Waals surface area contributed by atoms with Crippen molar-refractivity contribution in [3.05, 3.63) is 0 Å². The molecular weight excluding hydrogens is 148 g/mol. The Bertz CT molecular complexity index is 123. The molecule has 0 aliphatic heterocycles. The number of rotatable bonds is 3. The van der Waals surface area contributed by atoms with E-state index in [1.165, 1.54) is 0 Å². The predicted molar refractivity (Wildman–Crippen MR) is 44.0 cm³/mol. The van der Waals surface area contributed by atoms with Crippen LogP contribution in [0.4, 0.5) is 0 Å². The van der Waals surface area contributed by atoms with Crippen LogP contribution < -0.4 is 0 Å². The second-order valence-corrected chi connectivity index (χ2v) is 2.40. The summed E-state index contributed by atoms with van der Waals surface area (Å²) >= 11 is 5.31. The second-order valence-electron chi connectivity index (χ2n) is 2.09. The Labute approximate surface area is 67.4 Å². The summed E-state index contributed by atoms with van der Waals surface area (Å²) in [6, 6.07) is 0. The van der Waals surface area contributed by atoms with Crippen LogP contribution in [0.15, 0.2) is 0 Å². The summed E-state index contributed by atoms with van der Waals surface area (Å²) in [6.45, 7) is 2.11. The van der Waals surface area contributed by atoms with Gasteiger partial charge in [-0.1, -0.05) is 19.3 Å². The van der Waals surface area contributed by atoms with Gasteiger partial charge in [0.2, 0.25) is 0 Å². The van der Waals surface area contributed by atoms with E-state index in [0.717, 1.165) is 19.3 Å². The van der Waals surface area contributed by atoms with Gasteiger partial charge in [-0.3, -0.25) is 0 Å². The number of hydrogen-bond acceptors (Lipinski definition) is 1. The van der Waals surface area contributed by atoms with Crippen molar-refractivity contribution in [1.82, 2.24) is 0 Å². The Morgan fingerprint density at radius 2 is 2.30 bits per heavy atom. The van der Waals surface area contributed by atoms with Crippen LogP contribution >= 0.6 is 11.6 Å². The first kappa shape index (κ1) is 9.81. The molecule has 0 saturated carbocycles. The Hall–Kier alpha value is -0.190. The summed E-state index contributed by atoms with van der Waals surface area (Å²) in [5.41, 5.74) is 0. The maximum atomic E-state index is 8.85. The van der Waals surface area contributed by atoms with Crippen LogP contribution in [0.2, 0.25) is 0 Å². The zero-order valence-corrected chi connectivity index (χ0v) is 6.99. The minimum atomic E-state index is -0.640. The first-order valence-corrected chi connectivity index (χ1v) is 4.07. The van der Waals surface area contributed by atoms with E-state index >= 15 is 0 Å². The molecule has 58 valence electrons. The molecule has 0 aliphatic rings. The van der Waals surface area contributed by atoms with Gasteiger partial charge in [-0.05, 0) is 6.42 Å². The van der Waals surface area contributed by atoms with Crippen molar-refractivity contribution < 1.29 is 5.11 Å². The summed E-state index contributed by atoms with van der Waals surface area (Å²) in [4.78, 5) is 0.